The monoisotopic (exact) mass is 806 g/mol. The molecule has 4 aromatic carbocycles. The second kappa shape index (κ2) is 19.1. The summed E-state index contributed by atoms with van der Waals surface area (Å²) in [5.74, 6) is -2.08. The van der Waals surface area contributed by atoms with Crippen LogP contribution in [-0.4, -0.2) is 61.2 Å². The molecule has 0 saturated carbocycles. The highest BCUT2D eigenvalue weighted by Crippen LogP contribution is 2.34. The van der Waals surface area contributed by atoms with E-state index >= 15 is 0 Å². The molecule has 0 atom stereocenters. The summed E-state index contributed by atoms with van der Waals surface area (Å²) < 4.78 is 37.9. The first-order valence-electron chi connectivity index (χ1n) is 16.0. The molecule has 0 aliphatic heterocycles. The molecule has 0 saturated heterocycles. The van der Waals surface area contributed by atoms with Crippen LogP contribution in [0.25, 0.3) is 44.1 Å². The largest absolute Gasteiger partial charge is 0.478 e. The number of nitrogens with zero attached hydrogens (tertiary/aromatic N) is 3. The highest BCUT2D eigenvalue weighted by atomic mass is 35.5. The maximum atomic E-state index is 12.7. The van der Waals surface area contributed by atoms with Gasteiger partial charge in [-0.2, -0.15) is 23.7 Å². The molecule has 2 aromatic heterocycles. The summed E-state index contributed by atoms with van der Waals surface area (Å²) in [5, 5.41) is 38.2. The molecule has 3 N–H and O–H groups in total. The maximum absolute atomic E-state index is 12.7. The normalized spacial score (nSPS) is 10.6. The van der Waals surface area contributed by atoms with Gasteiger partial charge in [0.1, 0.15) is 5.60 Å². The van der Waals surface area contributed by atoms with E-state index in [9.17, 15) is 37.8 Å². The Kier molecular flexibility index (Phi) is 15.0. The molecule has 0 radical (unpaired) electrons. The van der Waals surface area contributed by atoms with Gasteiger partial charge in [-0.25, -0.2) is 14.4 Å². The van der Waals surface area contributed by atoms with Crippen molar-refractivity contribution in [1.82, 2.24) is 9.55 Å². The zero-order valence-corrected chi connectivity index (χ0v) is 31.2. The fraction of sp³-hybridized carbons (Fsp3) is 0.150. The van der Waals surface area contributed by atoms with Gasteiger partial charge in [0.15, 0.2) is 0 Å². The van der Waals surface area contributed by atoms with Crippen molar-refractivity contribution >= 4 is 69.3 Å². The van der Waals surface area contributed by atoms with E-state index in [4.69, 9.17) is 43.3 Å². The fourth-order valence-electron chi connectivity index (χ4n) is 5.16. The number of rotatable bonds is 4. The second-order valence-electron chi connectivity index (χ2n) is 12.3. The van der Waals surface area contributed by atoms with Crippen molar-refractivity contribution in [3.63, 3.8) is 0 Å². The van der Waals surface area contributed by atoms with Crippen molar-refractivity contribution in [2.24, 2.45) is 0 Å². The highest BCUT2D eigenvalue weighted by molar-refractivity contribution is 6.40. The molecule has 0 unspecified atom stereocenters. The predicted molar refractivity (Wildman–Crippen MR) is 205 cm³/mol. The van der Waals surface area contributed by atoms with Crippen molar-refractivity contribution in [1.29, 1.82) is 10.5 Å². The van der Waals surface area contributed by atoms with E-state index in [1.54, 1.807) is 93.8 Å². The highest BCUT2D eigenvalue weighted by Gasteiger charge is 2.25. The number of halogens is 5. The number of H-pyrrole nitrogens is 1. The van der Waals surface area contributed by atoms with Gasteiger partial charge in [-0.1, -0.05) is 48.5 Å². The Balaban J connectivity index is 0.000000254. The van der Waals surface area contributed by atoms with Crippen LogP contribution in [0.1, 0.15) is 52.6 Å². The van der Waals surface area contributed by atoms with Gasteiger partial charge < -0.3 is 19.9 Å². The maximum Gasteiger partial charge on any atom is 0.446 e. The minimum Gasteiger partial charge on any atom is -0.478 e. The van der Waals surface area contributed by atoms with Crippen molar-refractivity contribution in [3.8, 4) is 34.4 Å². The number of para-hydroxylation sites is 2. The summed E-state index contributed by atoms with van der Waals surface area (Å²) in [6.07, 6.45) is -2.99. The first-order valence-corrected chi connectivity index (χ1v) is 17.1. The lowest BCUT2D eigenvalue weighted by Gasteiger charge is -2.20. The average molecular weight is 808 g/mol. The van der Waals surface area contributed by atoms with Crippen molar-refractivity contribution in [3.05, 3.63) is 120 Å². The number of alkyl halides is 5. The number of aromatic carboxylic acids is 2. The van der Waals surface area contributed by atoms with Gasteiger partial charge in [0.05, 0.1) is 50.8 Å². The van der Waals surface area contributed by atoms with Crippen LogP contribution in [0.5, 0.6) is 0 Å². The molecule has 0 bridgehead atoms. The summed E-state index contributed by atoms with van der Waals surface area (Å²) in [7, 11) is 0. The Morgan fingerprint density at radius 3 is 1.66 bits per heavy atom. The van der Waals surface area contributed by atoms with Gasteiger partial charge in [-0.15, -0.1) is 23.2 Å². The topological polar surface area (TPSA) is 186 Å². The Morgan fingerprint density at radius 1 is 0.786 bits per heavy atom. The number of carbonyl (C=O) groups excluding carboxylic acids is 2. The zero-order valence-electron chi connectivity index (χ0n) is 29.7. The molecule has 0 aliphatic rings. The number of benzene rings is 4. The lowest BCUT2D eigenvalue weighted by molar-refractivity contribution is -0.156. The van der Waals surface area contributed by atoms with Gasteiger partial charge in [0.25, 0.3) is 0 Å². The number of carboxylic acid groups (broad SMARTS) is 2. The summed E-state index contributed by atoms with van der Waals surface area (Å²) >= 11 is 9.53. The number of nitriles is 2. The van der Waals surface area contributed by atoms with Gasteiger partial charge in [0.2, 0.25) is 6.29 Å². The van der Waals surface area contributed by atoms with Gasteiger partial charge in [-0.05, 0) is 68.3 Å². The Bertz CT molecular complexity index is 2440. The van der Waals surface area contributed by atoms with E-state index in [2.05, 4.69) is 17.1 Å². The quantitative estimate of drug-likeness (QED) is 0.115. The van der Waals surface area contributed by atoms with E-state index in [-0.39, 0.29) is 22.0 Å². The van der Waals surface area contributed by atoms with E-state index in [1.807, 2.05) is 18.2 Å². The summed E-state index contributed by atoms with van der Waals surface area (Å²) in [5.41, 5.74) is 4.86. The average Bonchev–Trinajstić information content (AvgIpc) is 3.77. The molecular formula is C40H31Cl2F3N4O7. The molecule has 288 valence electrons. The number of aldehydes is 1. The third-order valence-electron chi connectivity index (χ3n) is 7.38. The molecule has 0 fully saturated rings. The van der Waals surface area contributed by atoms with Crippen LogP contribution in [0.4, 0.5) is 18.0 Å². The molecule has 2 heterocycles. The molecule has 6 rings (SSSR count). The number of carbonyl (C=O) groups is 4. The molecule has 56 heavy (non-hydrogen) atoms. The third kappa shape index (κ3) is 11.4. The van der Waals surface area contributed by atoms with Crippen molar-refractivity contribution < 1.29 is 47.3 Å². The Hall–Kier alpha value is -6.61. The number of nitrogens with one attached hydrogen (secondary N) is 1. The number of aromatic nitrogens is 2. The fourth-order valence-corrected chi connectivity index (χ4v) is 5.16. The van der Waals surface area contributed by atoms with E-state index < -0.39 is 36.1 Å². The second-order valence-corrected chi connectivity index (χ2v) is 13.1. The number of fused-ring (bicyclic) bond motifs is 2. The van der Waals surface area contributed by atoms with Gasteiger partial charge in [0, 0.05) is 34.3 Å². The minimum atomic E-state index is -4.64. The van der Waals surface area contributed by atoms with E-state index in [0.29, 0.717) is 27.6 Å². The molecular weight excluding hydrogens is 776 g/mol. The SMILES string of the molecule is CC(C)(C)OC(=O)n1cc(-c2ccc(C#N)cc2)c2cccc(C(=O)O)c21.ClCCl.N#Cc1ccc(-c2c[nH]c3c(C(=O)O)cccc23)cc1.O=CC(F)(F)F. The number of ether oxygens (including phenoxy) is 1. The molecule has 0 spiro atoms. The number of hydrogen-bond acceptors (Lipinski definition) is 7. The smallest absolute Gasteiger partial charge is 0.446 e. The molecule has 0 aliphatic carbocycles. The number of hydrogen-bond donors (Lipinski definition) is 3. The van der Waals surface area contributed by atoms with E-state index in [1.165, 1.54) is 10.6 Å². The first kappa shape index (κ1) is 43.8. The number of aromatic amines is 1. The Labute approximate surface area is 327 Å². The van der Waals surface area contributed by atoms with Gasteiger partial charge in [-0.3, -0.25) is 9.36 Å². The summed E-state index contributed by atoms with van der Waals surface area (Å²) in [4.78, 5) is 47.3. The molecule has 16 heteroatoms. The molecule has 6 aromatic rings. The lowest BCUT2D eigenvalue weighted by atomic mass is 10.0. The Morgan fingerprint density at radius 2 is 1.23 bits per heavy atom. The van der Waals surface area contributed by atoms with E-state index in [0.717, 1.165) is 22.1 Å². The van der Waals surface area contributed by atoms with Crippen LogP contribution in [-0.2, 0) is 9.53 Å². The van der Waals surface area contributed by atoms with Gasteiger partial charge >= 0.3 is 24.2 Å². The lowest BCUT2D eigenvalue weighted by Crippen LogP contribution is -2.27. The van der Waals surface area contributed by atoms with Crippen LogP contribution >= 0.6 is 23.2 Å². The van der Waals surface area contributed by atoms with Crippen molar-refractivity contribution in [2.45, 2.75) is 32.5 Å². The standard InChI is InChI=1S/C21H18N2O4.C16H10N2O2.C2HF3O.CH2Cl2/c1-21(2,3)27-20(26)23-12-17(14-9-7-13(11-22)8-10-14)15-5-4-6-16(18(15)23)19(24)25;17-8-10-4-6-11(7-5-10)14-9-18-15-12(14)2-1-3-13(15)16(19)20;3-2(4,5)1-6;2-1-3/h4-10,12H,1-3H3,(H,24,25);1-7,9,18H,(H,19,20);1H;1H2. The predicted octanol–water partition coefficient (Wildman–Crippen LogP) is 10.2. The van der Waals surface area contributed by atoms with Crippen LogP contribution < -0.4 is 0 Å². The molecule has 0 amide bonds. The zero-order chi connectivity index (χ0) is 41.8. The number of carboxylic acids is 2. The molecule has 11 nitrogen and oxygen atoms in total. The van der Waals surface area contributed by atoms with Crippen LogP contribution in [0.15, 0.2) is 97.3 Å². The third-order valence-corrected chi connectivity index (χ3v) is 7.38. The van der Waals surface area contributed by atoms with Crippen molar-refractivity contribution in [2.75, 3.05) is 5.34 Å². The summed E-state index contributed by atoms with van der Waals surface area (Å²) in [6.45, 7) is 5.24. The minimum absolute atomic E-state index is 0.0123. The van der Waals surface area contributed by atoms with Crippen LogP contribution in [0.3, 0.4) is 0 Å². The first-order chi connectivity index (χ1) is 26.4. The van der Waals surface area contributed by atoms with Crippen LogP contribution in [0.2, 0.25) is 0 Å². The summed E-state index contributed by atoms with van der Waals surface area (Å²) in [6, 6.07) is 28.2. The van der Waals surface area contributed by atoms with Crippen LogP contribution in [0, 0.1) is 22.7 Å².